The summed E-state index contributed by atoms with van der Waals surface area (Å²) in [5.41, 5.74) is 0.991. The van der Waals surface area contributed by atoms with Gasteiger partial charge in [-0.2, -0.15) is 0 Å². The quantitative estimate of drug-likeness (QED) is 0.419. The summed E-state index contributed by atoms with van der Waals surface area (Å²) in [7, 11) is -1.86. The predicted octanol–water partition coefficient (Wildman–Crippen LogP) is 7.28. The third-order valence-electron chi connectivity index (χ3n) is 8.12. The number of nitrogens with zero attached hydrogens (tertiary/aromatic N) is 1. The maximum absolute atomic E-state index is 11.3. The third kappa shape index (κ3) is 5.53. The first-order valence-electron chi connectivity index (χ1n) is 12.5. The van der Waals surface area contributed by atoms with Gasteiger partial charge in [-0.25, -0.2) is 0 Å². The summed E-state index contributed by atoms with van der Waals surface area (Å²) in [4.78, 5) is 4.01. The van der Waals surface area contributed by atoms with Crippen molar-refractivity contribution in [1.29, 1.82) is 0 Å². The van der Waals surface area contributed by atoms with E-state index in [1.54, 1.807) is 0 Å². The lowest BCUT2D eigenvalue weighted by Crippen LogP contribution is -2.50. The third-order valence-corrected chi connectivity index (χ3v) is 13.7. The number of aliphatic hydroxyl groups excluding tert-OH is 1. The SMILES string of the molecule is C[C@H]([C@@H](O)c1ccc(O[Si](C)(C)C(C)(C)C)cc1)N1C2CCC1CC(Sc1ccccc1)C2. The molecule has 33 heavy (non-hydrogen) atoms. The van der Waals surface area contributed by atoms with E-state index in [9.17, 15) is 5.11 Å². The highest BCUT2D eigenvalue weighted by atomic mass is 32.2. The summed E-state index contributed by atoms with van der Waals surface area (Å²) in [5, 5.41) is 12.1. The Bertz CT molecular complexity index is 898. The van der Waals surface area contributed by atoms with Crippen LogP contribution in [-0.4, -0.2) is 41.7 Å². The van der Waals surface area contributed by atoms with Crippen LogP contribution in [0.4, 0.5) is 0 Å². The van der Waals surface area contributed by atoms with Gasteiger partial charge in [0.1, 0.15) is 5.75 Å². The second-order valence-corrected chi connectivity index (χ2v) is 17.6. The number of aliphatic hydroxyl groups is 1. The van der Waals surface area contributed by atoms with Crippen molar-refractivity contribution in [3.8, 4) is 5.75 Å². The Morgan fingerprint density at radius 3 is 2.09 bits per heavy atom. The van der Waals surface area contributed by atoms with Gasteiger partial charge in [-0.15, -0.1) is 11.8 Å². The maximum Gasteiger partial charge on any atom is 0.250 e. The molecule has 0 radical (unpaired) electrons. The molecule has 1 N–H and O–H groups in total. The van der Waals surface area contributed by atoms with Crippen LogP contribution >= 0.6 is 11.8 Å². The lowest BCUT2D eigenvalue weighted by Gasteiger charge is -2.44. The smallest absolute Gasteiger partial charge is 0.250 e. The average molecular weight is 484 g/mol. The molecule has 2 aliphatic heterocycles. The number of benzene rings is 2. The van der Waals surface area contributed by atoms with Crippen LogP contribution in [0.15, 0.2) is 59.5 Å². The lowest BCUT2D eigenvalue weighted by atomic mass is 9.95. The first-order valence-corrected chi connectivity index (χ1v) is 16.3. The van der Waals surface area contributed by atoms with E-state index >= 15 is 0 Å². The highest BCUT2D eigenvalue weighted by Gasteiger charge is 2.44. The zero-order chi connectivity index (χ0) is 23.8. The molecular formula is C28H41NO2SSi. The van der Waals surface area contributed by atoms with Gasteiger partial charge in [-0.3, -0.25) is 4.90 Å². The van der Waals surface area contributed by atoms with E-state index in [4.69, 9.17) is 4.43 Å². The monoisotopic (exact) mass is 483 g/mol. The summed E-state index contributed by atoms with van der Waals surface area (Å²) >= 11 is 2.04. The minimum atomic E-state index is -1.86. The fourth-order valence-electron chi connectivity index (χ4n) is 5.24. The topological polar surface area (TPSA) is 32.7 Å². The van der Waals surface area contributed by atoms with E-state index in [-0.39, 0.29) is 11.1 Å². The Morgan fingerprint density at radius 1 is 0.970 bits per heavy atom. The molecule has 4 atom stereocenters. The molecule has 3 nitrogen and oxygen atoms in total. The van der Waals surface area contributed by atoms with Crippen LogP contribution in [0.2, 0.25) is 18.1 Å². The molecule has 2 aliphatic rings. The van der Waals surface area contributed by atoms with Crippen molar-refractivity contribution in [2.45, 2.75) is 106 Å². The van der Waals surface area contributed by atoms with Crippen LogP contribution < -0.4 is 4.43 Å². The molecule has 0 spiro atoms. The maximum atomic E-state index is 11.3. The van der Waals surface area contributed by atoms with Crippen molar-refractivity contribution >= 4 is 20.1 Å². The van der Waals surface area contributed by atoms with Gasteiger partial charge in [0.2, 0.25) is 8.32 Å². The Kier molecular flexibility index (Phi) is 7.35. The van der Waals surface area contributed by atoms with Crippen LogP contribution in [-0.2, 0) is 0 Å². The van der Waals surface area contributed by atoms with Crippen molar-refractivity contribution in [2.24, 2.45) is 0 Å². The second kappa shape index (κ2) is 9.77. The molecule has 2 heterocycles. The summed E-state index contributed by atoms with van der Waals surface area (Å²) in [6.45, 7) is 13.5. The van der Waals surface area contributed by atoms with Crippen molar-refractivity contribution < 1.29 is 9.53 Å². The van der Waals surface area contributed by atoms with Crippen LogP contribution in [0.5, 0.6) is 5.75 Å². The number of fused-ring (bicyclic) bond motifs is 2. The molecule has 5 heteroatoms. The predicted molar refractivity (Wildman–Crippen MR) is 143 cm³/mol. The molecule has 2 aromatic carbocycles. The van der Waals surface area contributed by atoms with E-state index < -0.39 is 14.4 Å². The van der Waals surface area contributed by atoms with E-state index in [0.717, 1.165) is 11.3 Å². The van der Waals surface area contributed by atoms with Crippen LogP contribution in [0.3, 0.4) is 0 Å². The standard InChI is InChI=1S/C28H41NO2SSi/c1-20(27(30)21-12-16-24(17-13-21)31-33(5,6)28(2,3)4)29-22-14-15-23(29)19-26(18-22)32-25-10-8-7-9-11-25/h7-13,16-17,20,22-23,26-27,30H,14-15,18-19H2,1-6H3/t20-,22?,23?,26?,27-/m1/s1. The van der Waals surface area contributed by atoms with Crippen LogP contribution in [0.25, 0.3) is 0 Å². The second-order valence-electron chi connectivity index (χ2n) is 11.5. The Labute approximate surface area is 206 Å². The zero-order valence-corrected chi connectivity index (χ0v) is 22.9. The van der Waals surface area contributed by atoms with E-state index in [0.29, 0.717) is 17.3 Å². The molecule has 0 saturated carbocycles. The summed E-state index contributed by atoms with van der Waals surface area (Å²) < 4.78 is 6.43. The normalized spacial score (nSPS) is 25.6. The van der Waals surface area contributed by atoms with Crippen molar-refractivity contribution in [3.63, 3.8) is 0 Å². The molecule has 2 fully saturated rings. The molecule has 0 amide bonds. The number of hydrogen-bond acceptors (Lipinski definition) is 4. The van der Waals surface area contributed by atoms with Gasteiger partial charge in [0.25, 0.3) is 0 Å². The van der Waals surface area contributed by atoms with Gasteiger partial charge in [-0.1, -0.05) is 51.1 Å². The lowest BCUT2D eigenvalue weighted by molar-refractivity contribution is 0.0115. The van der Waals surface area contributed by atoms with E-state index in [2.05, 4.69) is 88.2 Å². The Morgan fingerprint density at radius 2 is 1.55 bits per heavy atom. The first kappa shape index (κ1) is 24.8. The summed E-state index contributed by atoms with van der Waals surface area (Å²) in [6.07, 6.45) is 4.46. The van der Waals surface area contributed by atoms with Gasteiger partial charge >= 0.3 is 0 Å². The van der Waals surface area contributed by atoms with Gasteiger partial charge in [0, 0.05) is 28.3 Å². The number of hydrogen-bond donors (Lipinski definition) is 1. The highest BCUT2D eigenvalue weighted by Crippen LogP contribution is 2.45. The summed E-state index contributed by atoms with van der Waals surface area (Å²) in [5.74, 6) is 0.920. The highest BCUT2D eigenvalue weighted by molar-refractivity contribution is 8.00. The first-order chi connectivity index (χ1) is 15.5. The zero-order valence-electron chi connectivity index (χ0n) is 21.1. The molecule has 2 saturated heterocycles. The molecule has 2 bridgehead atoms. The number of thioether (sulfide) groups is 1. The van der Waals surface area contributed by atoms with Gasteiger partial charge in [0.05, 0.1) is 6.10 Å². The minimum Gasteiger partial charge on any atom is -0.544 e. The molecule has 0 aromatic heterocycles. The molecule has 0 aliphatic carbocycles. The average Bonchev–Trinajstić information content (AvgIpc) is 3.03. The Hall–Kier alpha value is -1.27. The van der Waals surface area contributed by atoms with Gasteiger partial charge in [0.15, 0.2) is 0 Å². The number of rotatable bonds is 7. The molecule has 2 aromatic rings. The largest absolute Gasteiger partial charge is 0.544 e. The van der Waals surface area contributed by atoms with Crippen LogP contribution in [0, 0.1) is 0 Å². The molecule has 180 valence electrons. The molecule has 2 unspecified atom stereocenters. The van der Waals surface area contributed by atoms with Crippen molar-refractivity contribution in [1.82, 2.24) is 4.90 Å². The molecular weight excluding hydrogens is 442 g/mol. The minimum absolute atomic E-state index is 0.123. The van der Waals surface area contributed by atoms with E-state index in [1.165, 1.54) is 30.6 Å². The van der Waals surface area contributed by atoms with Gasteiger partial charge in [-0.05, 0) is 80.6 Å². The van der Waals surface area contributed by atoms with Crippen molar-refractivity contribution in [3.05, 3.63) is 60.2 Å². The van der Waals surface area contributed by atoms with Crippen LogP contribution in [0.1, 0.15) is 65.0 Å². The van der Waals surface area contributed by atoms with Crippen molar-refractivity contribution in [2.75, 3.05) is 0 Å². The summed E-state index contributed by atoms with van der Waals surface area (Å²) in [6, 6.07) is 20.3. The molecule has 4 rings (SSSR count). The number of piperidine rings is 1. The van der Waals surface area contributed by atoms with Gasteiger partial charge < -0.3 is 9.53 Å². The van der Waals surface area contributed by atoms with E-state index in [1.807, 2.05) is 23.9 Å². The fourth-order valence-corrected chi connectivity index (χ4v) is 7.61. The fraction of sp³-hybridized carbons (Fsp3) is 0.571. The Balaban J connectivity index is 1.39.